The summed E-state index contributed by atoms with van der Waals surface area (Å²) in [6, 6.07) is 15.5. The molecule has 0 saturated carbocycles. The highest BCUT2D eigenvalue weighted by Gasteiger charge is 2.13. The van der Waals surface area contributed by atoms with Crippen LogP contribution in [0.3, 0.4) is 0 Å². The van der Waals surface area contributed by atoms with E-state index in [1.165, 1.54) is 11.1 Å². The Morgan fingerprint density at radius 1 is 1.05 bits per heavy atom. The monoisotopic (exact) mass is 283 g/mol. The molecule has 0 aliphatic carbocycles. The van der Waals surface area contributed by atoms with Gasteiger partial charge in [0.25, 0.3) is 0 Å². The Morgan fingerprint density at radius 3 is 2.29 bits per heavy atom. The van der Waals surface area contributed by atoms with Gasteiger partial charge >= 0.3 is 0 Å². The molecular formula is C18H25N3. The van der Waals surface area contributed by atoms with Gasteiger partial charge < -0.3 is 10.2 Å². The summed E-state index contributed by atoms with van der Waals surface area (Å²) in [5.74, 6) is 1.03. The maximum Gasteiger partial charge on any atom is 0.129 e. The van der Waals surface area contributed by atoms with Gasteiger partial charge in [0.15, 0.2) is 0 Å². The second-order valence-corrected chi connectivity index (χ2v) is 5.67. The third-order valence-corrected chi connectivity index (χ3v) is 3.82. The predicted molar refractivity (Wildman–Crippen MR) is 89.5 cm³/mol. The zero-order chi connectivity index (χ0) is 15.2. The molecule has 112 valence electrons. The molecular weight excluding hydrogens is 258 g/mol. The second-order valence-electron chi connectivity index (χ2n) is 5.67. The number of benzene rings is 1. The summed E-state index contributed by atoms with van der Waals surface area (Å²) in [5, 5.41) is 3.24. The number of hydrogen-bond donors (Lipinski definition) is 1. The molecule has 3 nitrogen and oxygen atoms in total. The molecule has 0 amide bonds. The highest BCUT2D eigenvalue weighted by atomic mass is 15.2. The van der Waals surface area contributed by atoms with Crippen molar-refractivity contribution >= 4 is 5.82 Å². The lowest BCUT2D eigenvalue weighted by atomic mass is 10.1. The second kappa shape index (κ2) is 7.23. The Morgan fingerprint density at radius 2 is 1.76 bits per heavy atom. The summed E-state index contributed by atoms with van der Waals surface area (Å²) in [4.78, 5) is 6.97. The van der Waals surface area contributed by atoms with Gasteiger partial charge in [-0.15, -0.1) is 0 Å². The molecule has 0 saturated heterocycles. The molecule has 21 heavy (non-hydrogen) atoms. The molecule has 0 fully saturated rings. The number of rotatable bonds is 6. The first-order chi connectivity index (χ1) is 10.1. The summed E-state index contributed by atoms with van der Waals surface area (Å²) in [6.07, 6.45) is 1.97. The molecule has 2 aromatic rings. The number of pyridine rings is 1. The van der Waals surface area contributed by atoms with Gasteiger partial charge in [0.2, 0.25) is 0 Å². The van der Waals surface area contributed by atoms with Gasteiger partial charge in [-0.2, -0.15) is 0 Å². The minimum Gasteiger partial charge on any atom is -0.350 e. The molecule has 0 radical (unpaired) electrons. The molecule has 1 heterocycles. The fourth-order valence-corrected chi connectivity index (χ4v) is 2.30. The van der Waals surface area contributed by atoms with E-state index in [9.17, 15) is 0 Å². The third-order valence-electron chi connectivity index (χ3n) is 3.82. The summed E-state index contributed by atoms with van der Waals surface area (Å²) in [6.45, 7) is 7.43. The number of nitrogens with zero attached hydrogens (tertiary/aromatic N) is 2. The van der Waals surface area contributed by atoms with Crippen molar-refractivity contribution in [1.82, 2.24) is 10.3 Å². The first kappa shape index (κ1) is 15.5. The normalized spacial score (nSPS) is 12.4. The summed E-state index contributed by atoms with van der Waals surface area (Å²) in [7, 11) is 1.97. The quantitative estimate of drug-likeness (QED) is 0.874. The number of hydrogen-bond acceptors (Lipinski definition) is 3. The molecule has 1 atom stereocenters. The van der Waals surface area contributed by atoms with Crippen LogP contribution in [0.15, 0.2) is 48.7 Å². The van der Waals surface area contributed by atoms with Crippen LogP contribution in [0.1, 0.15) is 37.9 Å². The fourth-order valence-electron chi connectivity index (χ4n) is 2.30. The van der Waals surface area contributed by atoms with E-state index in [1.807, 2.05) is 13.2 Å². The third kappa shape index (κ3) is 4.05. The van der Waals surface area contributed by atoms with Gasteiger partial charge in [-0.3, -0.25) is 0 Å². The molecule has 0 aliphatic rings. The number of aromatic nitrogens is 1. The van der Waals surface area contributed by atoms with Gasteiger partial charge in [0.1, 0.15) is 5.82 Å². The Balaban J connectivity index is 2.18. The summed E-state index contributed by atoms with van der Waals surface area (Å²) < 4.78 is 0. The van der Waals surface area contributed by atoms with E-state index in [1.54, 1.807) is 0 Å². The van der Waals surface area contributed by atoms with E-state index in [4.69, 9.17) is 0 Å². The first-order valence-electron chi connectivity index (χ1n) is 7.55. The van der Waals surface area contributed by atoms with E-state index in [0.717, 1.165) is 12.4 Å². The van der Waals surface area contributed by atoms with Crippen molar-refractivity contribution in [3.8, 4) is 0 Å². The number of nitrogens with one attached hydrogen (secondary N) is 1. The van der Waals surface area contributed by atoms with Crippen LogP contribution < -0.4 is 10.2 Å². The van der Waals surface area contributed by atoms with E-state index in [2.05, 4.69) is 78.4 Å². The molecule has 0 spiro atoms. The van der Waals surface area contributed by atoms with E-state index in [-0.39, 0.29) is 0 Å². The van der Waals surface area contributed by atoms with Crippen LogP contribution in [0.5, 0.6) is 0 Å². The lowest BCUT2D eigenvalue weighted by Crippen LogP contribution is -2.31. The Bertz CT molecular complexity index is 534. The van der Waals surface area contributed by atoms with Crippen molar-refractivity contribution in [2.24, 2.45) is 0 Å². The van der Waals surface area contributed by atoms with Crippen molar-refractivity contribution in [2.45, 2.75) is 39.4 Å². The van der Waals surface area contributed by atoms with Gasteiger partial charge in [-0.1, -0.05) is 36.4 Å². The average molecular weight is 283 g/mol. The SMILES string of the molecule is CNC(C)c1ccc(N(Cc2ccccc2)C(C)C)nc1. The van der Waals surface area contributed by atoms with Gasteiger partial charge in [-0.05, 0) is 45.0 Å². The largest absolute Gasteiger partial charge is 0.350 e. The molecule has 2 rings (SSSR count). The maximum atomic E-state index is 4.65. The van der Waals surface area contributed by atoms with Crippen molar-refractivity contribution in [1.29, 1.82) is 0 Å². The lowest BCUT2D eigenvalue weighted by molar-refractivity contribution is 0.644. The fraction of sp³-hybridized carbons (Fsp3) is 0.389. The van der Waals surface area contributed by atoms with Crippen LogP contribution in [0.25, 0.3) is 0 Å². The predicted octanol–water partition coefficient (Wildman–Crippen LogP) is 3.78. The lowest BCUT2D eigenvalue weighted by Gasteiger charge is -2.28. The molecule has 1 aromatic heterocycles. The highest BCUT2D eigenvalue weighted by Crippen LogP contribution is 2.20. The molecule has 1 unspecified atom stereocenters. The zero-order valence-electron chi connectivity index (χ0n) is 13.4. The Labute approximate surface area is 128 Å². The standard InChI is InChI=1S/C18H25N3/c1-14(2)21(13-16-8-6-5-7-9-16)18-11-10-17(12-20-18)15(3)19-4/h5-12,14-15,19H,13H2,1-4H3. The van der Waals surface area contributed by atoms with Gasteiger partial charge in [0, 0.05) is 24.8 Å². The molecule has 3 heteroatoms. The number of anilines is 1. The first-order valence-corrected chi connectivity index (χ1v) is 7.55. The Kier molecular flexibility index (Phi) is 5.34. The van der Waals surface area contributed by atoms with E-state index in [0.29, 0.717) is 12.1 Å². The molecule has 0 bridgehead atoms. The molecule has 1 N–H and O–H groups in total. The summed E-state index contributed by atoms with van der Waals surface area (Å²) in [5.41, 5.74) is 2.52. The Hall–Kier alpha value is -1.87. The minimum atomic E-state index is 0.327. The topological polar surface area (TPSA) is 28.2 Å². The smallest absolute Gasteiger partial charge is 0.129 e. The van der Waals surface area contributed by atoms with Crippen molar-refractivity contribution in [3.05, 3.63) is 59.8 Å². The molecule has 1 aromatic carbocycles. The highest BCUT2D eigenvalue weighted by molar-refractivity contribution is 5.41. The average Bonchev–Trinajstić information content (AvgIpc) is 2.53. The van der Waals surface area contributed by atoms with Gasteiger partial charge in [0.05, 0.1) is 0 Å². The van der Waals surface area contributed by atoms with Crippen LogP contribution in [0.4, 0.5) is 5.82 Å². The van der Waals surface area contributed by atoms with Crippen LogP contribution in [0.2, 0.25) is 0 Å². The maximum absolute atomic E-state index is 4.65. The minimum absolute atomic E-state index is 0.327. The van der Waals surface area contributed by atoms with E-state index < -0.39 is 0 Å². The van der Waals surface area contributed by atoms with Crippen LogP contribution in [-0.4, -0.2) is 18.1 Å². The van der Waals surface area contributed by atoms with Crippen molar-refractivity contribution in [2.75, 3.05) is 11.9 Å². The van der Waals surface area contributed by atoms with E-state index >= 15 is 0 Å². The molecule has 0 aliphatic heterocycles. The van der Waals surface area contributed by atoms with Crippen LogP contribution in [0, 0.1) is 0 Å². The van der Waals surface area contributed by atoms with Crippen LogP contribution >= 0.6 is 0 Å². The van der Waals surface area contributed by atoms with Crippen molar-refractivity contribution < 1.29 is 0 Å². The zero-order valence-corrected chi connectivity index (χ0v) is 13.4. The van der Waals surface area contributed by atoms with Gasteiger partial charge in [-0.25, -0.2) is 4.98 Å². The summed E-state index contributed by atoms with van der Waals surface area (Å²) >= 11 is 0. The van der Waals surface area contributed by atoms with Crippen LogP contribution in [-0.2, 0) is 6.54 Å². The van der Waals surface area contributed by atoms with Crippen molar-refractivity contribution in [3.63, 3.8) is 0 Å².